The standard InChI is InChI=1S/C17H16N2O6/c1-2-16(20)18-12-4-3-5-15(10-12)24-11-17(21)25-14-8-6-13(7-9-14)19(22)23/h3-10H,2,11H2,1H3,(H,18,20). The predicted molar refractivity (Wildman–Crippen MR) is 89.6 cm³/mol. The molecule has 2 aromatic carbocycles. The highest BCUT2D eigenvalue weighted by Crippen LogP contribution is 2.19. The quantitative estimate of drug-likeness (QED) is 0.358. The topological polar surface area (TPSA) is 108 Å². The van der Waals surface area contributed by atoms with Crippen LogP contribution >= 0.6 is 0 Å². The average Bonchev–Trinajstić information content (AvgIpc) is 2.60. The fourth-order valence-electron chi connectivity index (χ4n) is 1.85. The van der Waals surface area contributed by atoms with Crippen LogP contribution in [0.3, 0.4) is 0 Å². The average molecular weight is 344 g/mol. The van der Waals surface area contributed by atoms with Gasteiger partial charge in [-0.25, -0.2) is 4.79 Å². The maximum absolute atomic E-state index is 11.8. The molecule has 0 spiro atoms. The minimum absolute atomic E-state index is 0.0954. The van der Waals surface area contributed by atoms with E-state index in [9.17, 15) is 19.7 Å². The summed E-state index contributed by atoms with van der Waals surface area (Å²) in [6, 6.07) is 11.8. The number of hydrogen-bond donors (Lipinski definition) is 1. The number of nitrogens with one attached hydrogen (secondary N) is 1. The molecule has 0 radical (unpaired) electrons. The number of amides is 1. The van der Waals surface area contributed by atoms with Crippen molar-refractivity contribution in [1.82, 2.24) is 0 Å². The van der Waals surface area contributed by atoms with Crippen molar-refractivity contribution in [2.45, 2.75) is 13.3 Å². The molecule has 0 aliphatic carbocycles. The summed E-state index contributed by atoms with van der Waals surface area (Å²) in [7, 11) is 0. The van der Waals surface area contributed by atoms with Crippen molar-refractivity contribution in [1.29, 1.82) is 0 Å². The number of carbonyl (C=O) groups is 2. The van der Waals surface area contributed by atoms with Crippen molar-refractivity contribution >= 4 is 23.3 Å². The van der Waals surface area contributed by atoms with Crippen molar-refractivity contribution < 1.29 is 24.0 Å². The minimum atomic E-state index is -0.656. The van der Waals surface area contributed by atoms with E-state index in [4.69, 9.17) is 9.47 Å². The number of anilines is 1. The highest BCUT2D eigenvalue weighted by molar-refractivity contribution is 5.90. The maximum Gasteiger partial charge on any atom is 0.349 e. The Morgan fingerprint density at radius 1 is 1.12 bits per heavy atom. The van der Waals surface area contributed by atoms with Gasteiger partial charge in [0, 0.05) is 30.3 Å². The third-order valence-electron chi connectivity index (χ3n) is 3.07. The molecule has 0 aromatic heterocycles. The van der Waals surface area contributed by atoms with Gasteiger partial charge in [0.25, 0.3) is 5.69 Å². The van der Waals surface area contributed by atoms with E-state index < -0.39 is 10.9 Å². The second kappa shape index (κ2) is 8.44. The Balaban J connectivity index is 1.88. The lowest BCUT2D eigenvalue weighted by Crippen LogP contribution is -2.17. The molecule has 0 saturated heterocycles. The molecule has 0 unspecified atom stereocenters. The zero-order valence-electron chi connectivity index (χ0n) is 13.4. The number of carbonyl (C=O) groups excluding carboxylic acids is 2. The molecule has 0 saturated carbocycles. The molecule has 0 bridgehead atoms. The zero-order chi connectivity index (χ0) is 18.2. The highest BCUT2D eigenvalue weighted by Gasteiger charge is 2.09. The summed E-state index contributed by atoms with van der Waals surface area (Å²) in [6.07, 6.45) is 0.354. The third-order valence-corrected chi connectivity index (χ3v) is 3.07. The molecule has 0 aliphatic heterocycles. The molecule has 1 N–H and O–H groups in total. The van der Waals surface area contributed by atoms with Crippen molar-refractivity contribution in [3.8, 4) is 11.5 Å². The number of nitrogens with zero attached hydrogens (tertiary/aromatic N) is 1. The number of esters is 1. The van der Waals surface area contributed by atoms with Crippen LogP contribution in [0.1, 0.15) is 13.3 Å². The monoisotopic (exact) mass is 344 g/mol. The smallest absolute Gasteiger partial charge is 0.349 e. The van der Waals surface area contributed by atoms with E-state index in [0.29, 0.717) is 17.9 Å². The van der Waals surface area contributed by atoms with Crippen molar-refractivity contribution in [3.63, 3.8) is 0 Å². The number of benzene rings is 2. The number of non-ortho nitro benzene ring substituents is 1. The van der Waals surface area contributed by atoms with E-state index in [2.05, 4.69) is 5.32 Å². The number of rotatable bonds is 7. The van der Waals surface area contributed by atoms with Crippen LogP contribution in [-0.2, 0) is 9.59 Å². The van der Waals surface area contributed by atoms with Crippen LogP contribution in [0.5, 0.6) is 11.5 Å². The fourth-order valence-corrected chi connectivity index (χ4v) is 1.85. The zero-order valence-corrected chi connectivity index (χ0v) is 13.4. The molecule has 8 nitrogen and oxygen atoms in total. The van der Waals surface area contributed by atoms with Crippen molar-refractivity contribution in [3.05, 3.63) is 58.6 Å². The van der Waals surface area contributed by atoms with Gasteiger partial charge in [0.05, 0.1) is 4.92 Å². The van der Waals surface area contributed by atoms with E-state index in [-0.39, 0.29) is 24.0 Å². The van der Waals surface area contributed by atoms with Crippen molar-refractivity contribution in [2.24, 2.45) is 0 Å². The van der Waals surface area contributed by atoms with Gasteiger partial charge in [-0.3, -0.25) is 14.9 Å². The number of nitro groups is 1. The Kier molecular flexibility index (Phi) is 6.05. The minimum Gasteiger partial charge on any atom is -0.482 e. The molecule has 0 aliphatic rings. The van der Waals surface area contributed by atoms with E-state index in [1.54, 1.807) is 31.2 Å². The lowest BCUT2D eigenvalue weighted by atomic mass is 10.3. The molecular formula is C17H16N2O6. The van der Waals surface area contributed by atoms with Crippen LogP contribution in [0.2, 0.25) is 0 Å². The highest BCUT2D eigenvalue weighted by atomic mass is 16.6. The molecule has 130 valence electrons. The van der Waals surface area contributed by atoms with Gasteiger partial charge < -0.3 is 14.8 Å². The van der Waals surface area contributed by atoms with Crippen LogP contribution in [0, 0.1) is 10.1 Å². The Morgan fingerprint density at radius 2 is 1.84 bits per heavy atom. The summed E-state index contributed by atoms with van der Waals surface area (Å²) in [6.45, 7) is 1.39. The van der Waals surface area contributed by atoms with Gasteiger partial charge in [-0.2, -0.15) is 0 Å². The van der Waals surface area contributed by atoms with Gasteiger partial charge in [-0.1, -0.05) is 13.0 Å². The number of ether oxygens (including phenoxy) is 2. The van der Waals surface area contributed by atoms with Gasteiger partial charge in [0.1, 0.15) is 11.5 Å². The van der Waals surface area contributed by atoms with E-state index >= 15 is 0 Å². The predicted octanol–water partition coefficient (Wildman–Crippen LogP) is 2.93. The van der Waals surface area contributed by atoms with E-state index in [1.165, 1.54) is 24.3 Å². The SMILES string of the molecule is CCC(=O)Nc1cccc(OCC(=O)Oc2ccc([N+](=O)[O-])cc2)c1. The fraction of sp³-hybridized carbons (Fsp3) is 0.176. The second-order valence-electron chi connectivity index (χ2n) is 4.94. The van der Waals surface area contributed by atoms with Gasteiger partial charge in [-0.15, -0.1) is 0 Å². The first-order chi connectivity index (χ1) is 12.0. The molecule has 0 atom stereocenters. The summed E-state index contributed by atoms with van der Waals surface area (Å²) in [5.41, 5.74) is 0.468. The second-order valence-corrected chi connectivity index (χ2v) is 4.94. The third kappa shape index (κ3) is 5.61. The summed E-state index contributed by atoms with van der Waals surface area (Å²) >= 11 is 0. The molecule has 8 heteroatoms. The first-order valence-corrected chi connectivity index (χ1v) is 7.45. The van der Waals surface area contributed by atoms with Gasteiger partial charge >= 0.3 is 5.97 Å². The first-order valence-electron chi connectivity index (χ1n) is 7.45. The molecule has 2 aromatic rings. The number of hydrogen-bond acceptors (Lipinski definition) is 6. The number of nitro benzene ring substituents is 1. The first kappa shape index (κ1) is 17.9. The Morgan fingerprint density at radius 3 is 2.48 bits per heavy atom. The largest absolute Gasteiger partial charge is 0.482 e. The molecule has 0 fully saturated rings. The van der Waals surface area contributed by atoms with Crippen LogP contribution in [0.4, 0.5) is 11.4 Å². The lowest BCUT2D eigenvalue weighted by molar-refractivity contribution is -0.384. The summed E-state index contributed by atoms with van der Waals surface area (Å²) in [5, 5.41) is 13.2. The molecule has 0 heterocycles. The summed E-state index contributed by atoms with van der Waals surface area (Å²) < 4.78 is 10.4. The molecule has 25 heavy (non-hydrogen) atoms. The normalized spacial score (nSPS) is 9.96. The maximum atomic E-state index is 11.8. The van der Waals surface area contributed by atoms with Crippen molar-refractivity contribution in [2.75, 3.05) is 11.9 Å². The van der Waals surface area contributed by atoms with Crippen LogP contribution in [0.15, 0.2) is 48.5 Å². The van der Waals surface area contributed by atoms with Crippen LogP contribution < -0.4 is 14.8 Å². The van der Waals surface area contributed by atoms with E-state index in [1.807, 2.05) is 0 Å². The van der Waals surface area contributed by atoms with Gasteiger partial charge in [0.2, 0.25) is 5.91 Å². The summed E-state index contributed by atoms with van der Waals surface area (Å²) in [5.74, 6) is -0.204. The van der Waals surface area contributed by atoms with Crippen LogP contribution in [0.25, 0.3) is 0 Å². The van der Waals surface area contributed by atoms with Gasteiger partial charge in [-0.05, 0) is 24.3 Å². The Hall–Kier alpha value is -3.42. The summed E-state index contributed by atoms with van der Waals surface area (Å²) in [4.78, 5) is 33.1. The Bertz CT molecular complexity index is 773. The Labute approximate surface area is 143 Å². The van der Waals surface area contributed by atoms with Gasteiger partial charge in [0.15, 0.2) is 6.61 Å². The molecular weight excluding hydrogens is 328 g/mol. The molecule has 2 rings (SSSR count). The molecule has 1 amide bonds. The van der Waals surface area contributed by atoms with Crippen LogP contribution in [-0.4, -0.2) is 23.4 Å². The lowest BCUT2D eigenvalue weighted by Gasteiger charge is -2.09. The van der Waals surface area contributed by atoms with E-state index in [0.717, 1.165) is 0 Å².